The van der Waals surface area contributed by atoms with Gasteiger partial charge in [-0.25, -0.2) is 4.39 Å². The van der Waals surface area contributed by atoms with E-state index in [0.717, 1.165) is 11.4 Å². The molecule has 3 rings (SSSR count). The fraction of sp³-hybridized carbons (Fsp3) is 0.182. The molecule has 0 fully saturated rings. The Morgan fingerprint density at radius 1 is 1.26 bits per heavy atom. The van der Waals surface area contributed by atoms with Crippen LogP contribution in [0.2, 0.25) is 5.02 Å². The van der Waals surface area contributed by atoms with Crippen LogP contribution in [0.3, 0.4) is 0 Å². The summed E-state index contributed by atoms with van der Waals surface area (Å²) in [6.07, 6.45) is 3.07. The number of nitrogens with zero attached hydrogens (tertiary/aromatic N) is 1. The summed E-state index contributed by atoms with van der Waals surface area (Å²) in [5, 5.41) is 11.7. The highest BCUT2D eigenvalue weighted by Crippen LogP contribution is 2.37. The molecule has 0 aromatic heterocycles. The SMILES string of the molecule is CCSNc1ccc(Oc2ccc(Cl)cc2F)c(C2=CN(C)C(=O)/C(=C/NC)C2=N)c1. The highest BCUT2D eigenvalue weighted by molar-refractivity contribution is 8.00. The van der Waals surface area contributed by atoms with Gasteiger partial charge in [0.25, 0.3) is 5.91 Å². The number of carbonyl (C=O) groups excluding carboxylic acids is 1. The van der Waals surface area contributed by atoms with Crippen LogP contribution < -0.4 is 14.8 Å². The van der Waals surface area contributed by atoms with Crippen molar-refractivity contribution in [1.82, 2.24) is 10.2 Å². The zero-order chi connectivity index (χ0) is 22.5. The lowest BCUT2D eigenvalue weighted by molar-refractivity contribution is -0.123. The number of rotatable bonds is 7. The van der Waals surface area contributed by atoms with E-state index in [-0.39, 0.29) is 28.0 Å². The molecule has 31 heavy (non-hydrogen) atoms. The minimum absolute atomic E-state index is 0.00709. The van der Waals surface area contributed by atoms with E-state index in [2.05, 4.69) is 10.0 Å². The zero-order valence-electron chi connectivity index (χ0n) is 17.3. The van der Waals surface area contributed by atoms with Crippen molar-refractivity contribution in [3.63, 3.8) is 0 Å². The standard InChI is InChI=1S/C22H22ClFN4O2S/c1-4-31-27-14-6-8-19(30-20-7-5-13(23)9-18(20)24)15(10-14)17-12-28(3)22(29)16(11-26-2)21(17)25/h5-12,25-27H,4H2,1-3H3/b16-11+,25-21?. The van der Waals surface area contributed by atoms with Crippen LogP contribution in [0.4, 0.5) is 10.1 Å². The molecule has 0 atom stereocenters. The molecule has 162 valence electrons. The van der Waals surface area contributed by atoms with Gasteiger partial charge in [-0.1, -0.05) is 30.5 Å². The van der Waals surface area contributed by atoms with Crippen molar-refractivity contribution in [3.8, 4) is 11.5 Å². The summed E-state index contributed by atoms with van der Waals surface area (Å²) in [4.78, 5) is 13.9. The number of halogens is 2. The van der Waals surface area contributed by atoms with Crippen LogP contribution in [0.1, 0.15) is 12.5 Å². The highest BCUT2D eigenvalue weighted by atomic mass is 35.5. The Labute approximate surface area is 189 Å². The number of amides is 1. The second-order valence-corrected chi connectivity index (χ2v) is 8.11. The molecule has 6 nitrogen and oxygen atoms in total. The highest BCUT2D eigenvalue weighted by Gasteiger charge is 2.29. The summed E-state index contributed by atoms with van der Waals surface area (Å²) >= 11 is 7.36. The molecular weight excluding hydrogens is 439 g/mol. The first-order valence-electron chi connectivity index (χ1n) is 9.46. The normalized spacial score (nSPS) is 15.2. The van der Waals surface area contributed by atoms with Crippen molar-refractivity contribution in [1.29, 1.82) is 5.41 Å². The van der Waals surface area contributed by atoms with Crippen molar-refractivity contribution >= 4 is 46.4 Å². The Hall–Kier alpha value is -2.97. The Morgan fingerprint density at radius 3 is 2.68 bits per heavy atom. The molecule has 0 aliphatic carbocycles. The van der Waals surface area contributed by atoms with Gasteiger partial charge in [-0.05, 0) is 36.4 Å². The summed E-state index contributed by atoms with van der Waals surface area (Å²) in [6, 6.07) is 9.48. The Kier molecular flexibility index (Phi) is 7.25. The maximum absolute atomic E-state index is 14.4. The van der Waals surface area contributed by atoms with Crippen LogP contribution in [0.25, 0.3) is 5.57 Å². The zero-order valence-corrected chi connectivity index (χ0v) is 18.8. The average molecular weight is 461 g/mol. The molecule has 1 aliphatic rings. The van der Waals surface area contributed by atoms with Crippen LogP contribution in [0.15, 0.2) is 54.4 Å². The predicted octanol–water partition coefficient (Wildman–Crippen LogP) is 5.29. The molecule has 1 heterocycles. The molecule has 0 spiro atoms. The first-order valence-corrected chi connectivity index (χ1v) is 10.8. The summed E-state index contributed by atoms with van der Waals surface area (Å²) in [6.45, 7) is 2.02. The molecule has 0 bridgehead atoms. The molecular formula is C22H22ClFN4O2S. The number of ether oxygens (including phenoxy) is 1. The minimum atomic E-state index is -0.599. The van der Waals surface area contributed by atoms with Gasteiger partial charge in [0.2, 0.25) is 0 Å². The van der Waals surface area contributed by atoms with Gasteiger partial charge < -0.3 is 19.7 Å². The van der Waals surface area contributed by atoms with Crippen LogP contribution >= 0.6 is 23.5 Å². The largest absolute Gasteiger partial charge is 0.454 e. The van der Waals surface area contributed by atoms with E-state index in [1.165, 1.54) is 41.2 Å². The van der Waals surface area contributed by atoms with Crippen LogP contribution in [-0.2, 0) is 4.79 Å². The maximum Gasteiger partial charge on any atom is 0.261 e. The molecule has 0 saturated carbocycles. The molecule has 2 aromatic carbocycles. The number of carbonyl (C=O) groups is 1. The Bertz CT molecular complexity index is 1090. The lowest BCUT2D eigenvalue weighted by Crippen LogP contribution is -2.33. The van der Waals surface area contributed by atoms with E-state index < -0.39 is 5.82 Å². The molecule has 1 aliphatic heterocycles. The number of benzene rings is 2. The lowest BCUT2D eigenvalue weighted by atomic mass is 9.92. The number of nitrogens with one attached hydrogen (secondary N) is 3. The molecule has 3 N–H and O–H groups in total. The fourth-order valence-electron chi connectivity index (χ4n) is 2.97. The first-order chi connectivity index (χ1) is 14.8. The third-order valence-electron chi connectivity index (χ3n) is 4.42. The molecule has 2 aromatic rings. The molecule has 9 heteroatoms. The van der Waals surface area contributed by atoms with Gasteiger partial charge in [0.15, 0.2) is 11.6 Å². The van der Waals surface area contributed by atoms with Crippen LogP contribution in [0.5, 0.6) is 11.5 Å². The second kappa shape index (κ2) is 9.89. The quantitative estimate of drug-likeness (QED) is 0.386. The molecule has 0 unspecified atom stereocenters. The van der Waals surface area contributed by atoms with Gasteiger partial charge >= 0.3 is 0 Å². The van der Waals surface area contributed by atoms with E-state index in [0.29, 0.717) is 16.9 Å². The predicted molar refractivity (Wildman–Crippen MR) is 125 cm³/mol. The van der Waals surface area contributed by atoms with Gasteiger partial charge in [-0.3, -0.25) is 10.2 Å². The minimum Gasteiger partial charge on any atom is -0.454 e. The maximum atomic E-state index is 14.4. The van der Waals surface area contributed by atoms with Gasteiger partial charge in [0.05, 0.1) is 11.3 Å². The average Bonchev–Trinajstić information content (AvgIpc) is 2.75. The van der Waals surface area contributed by atoms with Crippen LogP contribution in [0, 0.1) is 11.2 Å². The smallest absolute Gasteiger partial charge is 0.261 e. The van der Waals surface area contributed by atoms with Gasteiger partial charge in [-0.2, -0.15) is 0 Å². The van der Waals surface area contributed by atoms with Crippen LogP contribution in [-0.4, -0.2) is 36.4 Å². The third kappa shape index (κ3) is 5.03. The third-order valence-corrected chi connectivity index (χ3v) is 5.32. The lowest BCUT2D eigenvalue weighted by Gasteiger charge is -2.25. The van der Waals surface area contributed by atoms with E-state index in [1.54, 1.807) is 26.4 Å². The fourth-order valence-corrected chi connectivity index (χ4v) is 3.56. The number of hydrogen-bond acceptors (Lipinski definition) is 6. The van der Waals surface area contributed by atoms with Gasteiger partial charge in [-0.15, -0.1) is 0 Å². The van der Waals surface area contributed by atoms with E-state index >= 15 is 0 Å². The van der Waals surface area contributed by atoms with E-state index in [9.17, 15) is 9.18 Å². The monoisotopic (exact) mass is 460 g/mol. The van der Waals surface area contributed by atoms with Crippen molar-refractivity contribution in [3.05, 3.63) is 70.8 Å². The number of hydrogen-bond donors (Lipinski definition) is 3. The van der Waals surface area contributed by atoms with Crippen molar-refractivity contribution < 1.29 is 13.9 Å². The summed E-state index contributed by atoms with van der Waals surface area (Å²) in [7, 11) is 3.28. The summed E-state index contributed by atoms with van der Waals surface area (Å²) in [5.41, 5.74) is 2.06. The van der Waals surface area contributed by atoms with Crippen molar-refractivity contribution in [2.24, 2.45) is 0 Å². The van der Waals surface area contributed by atoms with E-state index in [4.69, 9.17) is 21.7 Å². The topological polar surface area (TPSA) is 77.5 Å². The summed E-state index contributed by atoms with van der Waals surface area (Å²) < 4.78 is 23.4. The number of likely N-dealkylation sites (N-methyl/N-ethyl adjacent to an activating group) is 1. The second-order valence-electron chi connectivity index (χ2n) is 6.60. The van der Waals surface area contributed by atoms with Gasteiger partial charge in [0, 0.05) is 54.1 Å². The summed E-state index contributed by atoms with van der Waals surface area (Å²) in [5.74, 6) is 0.306. The first kappa shape index (κ1) is 22.7. The number of allylic oxidation sites excluding steroid dienone is 1. The van der Waals surface area contributed by atoms with E-state index in [1.807, 2.05) is 19.1 Å². The number of anilines is 1. The molecule has 1 amide bonds. The molecule has 0 saturated heterocycles. The molecule has 0 radical (unpaired) electrons. The van der Waals surface area contributed by atoms with Crippen molar-refractivity contribution in [2.75, 3.05) is 24.6 Å². The van der Waals surface area contributed by atoms with Crippen molar-refractivity contribution in [2.45, 2.75) is 6.92 Å². The Morgan fingerprint density at radius 2 is 2.00 bits per heavy atom. The van der Waals surface area contributed by atoms with Gasteiger partial charge in [0.1, 0.15) is 5.75 Å². The Balaban J connectivity index is 2.11.